The van der Waals surface area contributed by atoms with Crippen molar-refractivity contribution in [3.05, 3.63) is 53.7 Å². The number of nitrogens with zero attached hydrogens (tertiary/aromatic N) is 2. The van der Waals surface area contributed by atoms with Crippen LogP contribution in [0, 0.1) is 11.8 Å². The number of aryl methyl sites for hydroxylation is 1. The first kappa shape index (κ1) is 24.5. The smallest absolute Gasteiger partial charge is 0.416 e. The lowest BCUT2D eigenvalue weighted by molar-refractivity contribution is -0.137. The quantitative estimate of drug-likeness (QED) is 0.410. The number of nitrogens with one attached hydrogen (secondary N) is 1. The largest absolute Gasteiger partial charge is 0.457 e. The number of fused-ring (bicyclic) bond motifs is 1. The zero-order valence-electron chi connectivity index (χ0n) is 19.3. The number of amides is 1. The van der Waals surface area contributed by atoms with Crippen LogP contribution < -0.4 is 10.1 Å². The minimum absolute atomic E-state index is 0.122. The highest BCUT2D eigenvalue weighted by Crippen LogP contribution is 2.50. The number of halogens is 3. The van der Waals surface area contributed by atoms with Gasteiger partial charge in [-0.1, -0.05) is 0 Å². The molecule has 3 aromatic rings. The van der Waals surface area contributed by atoms with E-state index in [2.05, 4.69) is 10.4 Å². The first-order valence-corrected chi connectivity index (χ1v) is 11.7. The van der Waals surface area contributed by atoms with Crippen LogP contribution in [0.4, 0.5) is 13.2 Å². The number of ether oxygens (including phenoxy) is 1. The molecule has 2 aromatic carbocycles. The van der Waals surface area contributed by atoms with Crippen LogP contribution in [0.15, 0.2) is 42.6 Å². The fraction of sp³-hybridized carbons (Fsp3) is 0.440. The average molecular weight is 505 g/mol. The first-order valence-electron chi connectivity index (χ1n) is 11.7. The standard InChI is InChI=1S/C25H26F3N3O5/c1-31-11-13-6-16(36-15-4-2-14(3-5-15)25(26,27)28)8-18(21(13)30-31)17-9-19(17)24(35)29-10-12-7-20(32)23(34)22(12)33/h2-6,8,11-12,17,19-20,22-23,32-34H,7,9-10H2,1H3,(H,29,35)/t12-,17+,19-,20-,22?,23-/m1/s1. The van der Waals surface area contributed by atoms with E-state index in [1.54, 1.807) is 30.1 Å². The summed E-state index contributed by atoms with van der Waals surface area (Å²) in [4.78, 5) is 12.8. The number of aromatic nitrogens is 2. The van der Waals surface area contributed by atoms with Gasteiger partial charge in [0.2, 0.25) is 5.91 Å². The molecule has 0 aliphatic heterocycles. The van der Waals surface area contributed by atoms with Crippen LogP contribution in [0.5, 0.6) is 11.5 Å². The molecule has 4 N–H and O–H groups in total. The van der Waals surface area contributed by atoms with Crippen molar-refractivity contribution in [3.63, 3.8) is 0 Å². The molecule has 5 rings (SSSR count). The maximum atomic E-state index is 12.9. The van der Waals surface area contributed by atoms with Gasteiger partial charge in [0, 0.05) is 37.0 Å². The van der Waals surface area contributed by atoms with Gasteiger partial charge in [-0.25, -0.2) is 0 Å². The number of aliphatic hydroxyl groups excluding tert-OH is 3. The minimum atomic E-state index is -4.43. The van der Waals surface area contributed by atoms with Crippen molar-refractivity contribution in [2.45, 2.75) is 43.2 Å². The summed E-state index contributed by atoms with van der Waals surface area (Å²) in [7, 11) is 1.77. The first-order chi connectivity index (χ1) is 17.0. The summed E-state index contributed by atoms with van der Waals surface area (Å²) in [6.45, 7) is 0.146. The van der Waals surface area contributed by atoms with E-state index in [0.29, 0.717) is 12.2 Å². The molecule has 1 aromatic heterocycles. The van der Waals surface area contributed by atoms with E-state index in [-0.39, 0.29) is 36.5 Å². The van der Waals surface area contributed by atoms with E-state index in [9.17, 15) is 33.3 Å². The number of rotatable bonds is 6. The molecule has 0 spiro atoms. The summed E-state index contributed by atoms with van der Waals surface area (Å²) in [5.74, 6) is -0.386. The van der Waals surface area contributed by atoms with Crippen LogP contribution in [0.1, 0.15) is 29.9 Å². The Morgan fingerprint density at radius 1 is 1.11 bits per heavy atom. The maximum absolute atomic E-state index is 12.9. The number of carbonyl (C=O) groups excluding carboxylic acids is 1. The number of alkyl halides is 3. The van der Waals surface area contributed by atoms with E-state index in [1.165, 1.54) is 12.1 Å². The van der Waals surface area contributed by atoms with Crippen molar-refractivity contribution in [2.24, 2.45) is 18.9 Å². The lowest BCUT2D eigenvalue weighted by Crippen LogP contribution is -2.36. The topological polar surface area (TPSA) is 117 Å². The van der Waals surface area contributed by atoms with Gasteiger partial charge >= 0.3 is 6.18 Å². The van der Waals surface area contributed by atoms with E-state index in [1.807, 2.05) is 0 Å². The Morgan fingerprint density at radius 2 is 1.83 bits per heavy atom. The number of hydrogen-bond donors (Lipinski definition) is 4. The maximum Gasteiger partial charge on any atom is 0.416 e. The van der Waals surface area contributed by atoms with Crippen LogP contribution in [0.2, 0.25) is 0 Å². The molecule has 8 nitrogen and oxygen atoms in total. The minimum Gasteiger partial charge on any atom is -0.457 e. The summed E-state index contributed by atoms with van der Waals surface area (Å²) in [5.41, 5.74) is 0.760. The number of benzene rings is 2. The van der Waals surface area contributed by atoms with Gasteiger partial charge in [0.15, 0.2) is 0 Å². The van der Waals surface area contributed by atoms with Crippen LogP contribution >= 0.6 is 0 Å². The fourth-order valence-electron chi connectivity index (χ4n) is 4.93. The Morgan fingerprint density at radius 3 is 2.47 bits per heavy atom. The van der Waals surface area contributed by atoms with Crippen LogP contribution in [0.3, 0.4) is 0 Å². The van der Waals surface area contributed by atoms with Crippen LogP contribution in [-0.4, -0.2) is 55.9 Å². The van der Waals surface area contributed by atoms with Crippen LogP contribution in [-0.2, 0) is 18.0 Å². The molecule has 2 fully saturated rings. The Hall–Kier alpha value is -3.15. The number of hydrogen-bond acceptors (Lipinski definition) is 6. The van der Waals surface area contributed by atoms with E-state index in [4.69, 9.17) is 4.74 Å². The van der Waals surface area contributed by atoms with Gasteiger partial charge in [-0.05, 0) is 60.7 Å². The van der Waals surface area contributed by atoms with Crippen LogP contribution in [0.25, 0.3) is 10.9 Å². The molecule has 0 saturated heterocycles. The molecule has 192 valence electrons. The second-order valence-electron chi connectivity index (χ2n) is 9.62. The summed E-state index contributed by atoms with van der Waals surface area (Å²) < 4.78 is 46.0. The molecule has 11 heteroatoms. The molecule has 6 atom stereocenters. The molecule has 1 unspecified atom stereocenters. The summed E-state index contributed by atoms with van der Waals surface area (Å²) in [6, 6.07) is 7.94. The second kappa shape index (κ2) is 9.06. The molecule has 2 saturated carbocycles. The molecular weight excluding hydrogens is 479 g/mol. The third-order valence-electron chi connectivity index (χ3n) is 6.98. The highest BCUT2D eigenvalue weighted by Gasteiger charge is 2.46. The number of carbonyl (C=O) groups is 1. The SMILES string of the molecule is Cn1cc2cc(Oc3ccc(C(F)(F)F)cc3)cc([C@@H]3C[C@H]3C(=O)NC[C@H]3C[C@@H](O)[C@@H](O)C3O)c2n1. The molecule has 0 radical (unpaired) electrons. The molecule has 0 bridgehead atoms. The van der Waals surface area contributed by atoms with Gasteiger partial charge in [-0.2, -0.15) is 18.3 Å². The van der Waals surface area contributed by atoms with Gasteiger partial charge in [0.25, 0.3) is 0 Å². The molecule has 36 heavy (non-hydrogen) atoms. The van der Waals surface area contributed by atoms with E-state index >= 15 is 0 Å². The van der Waals surface area contributed by atoms with Gasteiger partial charge in [0.05, 0.1) is 23.3 Å². The van der Waals surface area contributed by atoms with Gasteiger partial charge < -0.3 is 25.4 Å². The van der Waals surface area contributed by atoms with Gasteiger partial charge in [-0.15, -0.1) is 0 Å². The van der Waals surface area contributed by atoms with Crippen molar-refractivity contribution >= 4 is 16.8 Å². The monoisotopic (exact) mass is 505 g/mol. The molecule has 2 aliphatic rings. The Bertz CT molecular complexity index is 1280. The van der Waals surface area contributed by atoms with Crippen molar-refractivity contribution in [1.82, 2.24) is 15.1 Å². The molecule has 2 aliphatic carbocycles. The lowest BCUT2D eigenvalue weighted by atomic mass is 10.0. The summed E-state index contributed by atoms with van der Waals surface area (Å²) >= 11 is 0. The number of aliphatic hydroxyl groups is 3. The van der Waals surface area contributed by atoms with Crippen molar-refractivity contribution in [3.8, 4) is 11.5 Å². The summed E-state index contributed by atoms with van der Waals surface area (Å²) in [5, 5.41) is 37.5. The van der Waals surface area contributed by atoms with Crippen molar-refractivity contribution in [1.29, 1.82) is 0 Å². The average Bonchev–Trinajstić information content (AvgIpc) is 3.47. The Kier molecular flexibility index (Phi) is 6.17. The third kappa shape index (κ3) is 4.78. The van der Waals surface area contributed by atoms with E-state index in [0.717, 1.165) is 28.6 Å². The lowest BCUT2D eigenvalue weighted by Gasteiger charge is -2.16. The van der Waals surface area contributed by atoms with Crippen molar-refractivity contribution < 1.29 is 38.0 Å². The molecule has 1 heterocycles. The highest BCUT2D eigenvalue weighted by molar-refractivity contribution is 5.88. The Labute approximate surface area is 204 Å². The third-order valence-corrected chi connectivity index (χ3v) is 6.98. The predicted octanol–water partition coefficient (Wildman–Crippen LogP) is 2.71. The second-order valence-corrected chi connectivity index (χ2v) is 9.62. The molecular formula is C25H26F3N3O5. The summed E-state index contributed by atoms with van der Waals surface area (Å²) in [6.07, 6.45) is -5.17. The Balaban J connectivity index is 1.31. The zero-order chi connectivity index (χ0) is 25.8. The fourth-order valence-corrected chi connectivity index (χ4v) is 4.93. The zero-order valence-corrected chi connectivity index (χ0v) is 19.3. The highest BCUT2D eigenvalue weighted by atomic mass is 19.4. The molecule has 1 amide bonds. The van der Waals surface area contributed by atoms with Gasteiger partial charge in [0.1, 0.15) is 17.6 Å². The predicted molar refractivity (Wildman–Crippen MR) is 122 cm³/mol. The van der Waals surface area contributed by atoms with Crippen molar-refractivity contribution in [2.75, 3.05) is 6.54 Å². The van der Waals surface area contributed by atoms with E-state index < -0.39 is 36.0 Å². The van der Waals surface area contributed by atoms with Gasteiger partial charge in [-0.3, -0.25) is 9.48 Å². The normalized spacial score (nSPS) is 27.9.